The normalized spacial score (nSPS) is 11.4. The molecule has 26 heavy (non-hydrogen) atoms. The quantitative estimate of drug-likeness (QED) is 0.227. The fraction of sp³-hybridized carbons (Fsp3) is 0.375. The maximum atomic E-state index is 12.1. The van der Waals surface area contributed by atoms with Crippen molar-refractivity contribution in [3.05, 3.63) is 29.8 Å². The van der Waals surface area contributed by atoms with Gasteiger partial charge in [-0.25, -0.2) is 0 Å². The molecule has 0 bridgehead atoms. The lowest BCUT2D eigenvalue weighted by Gasteiger charge is -2.20. The monoisotopic (exact) mass is 473 g/mol. The lowest BCUT2D eigenvalue weighted by Crippen LogP contribution is -2.49. The summed E-state index contributed by atoms with van der Waals surface area (Å²) in [5.74, 6) is -1.29. The van der Waals surface area contributed by atoms with Crippen LogP contribution < -0.4 is 16.0 Å². The summed E-state index contributed by atoms with van der Waals surface area (Å²) >= 11 is 1.56. The number of ether oxygens (including phenoxy) is 1. The van der Waals surface area contributed by atoms with Gasteiger partial charge in [-0.15, -0.1) is 0 Å². The van der Waals surface area contributed by atoms with Crippen molar-refractivity contribution >= 4 is 57.7 Å². The third-order valence-electron chi connectivity index (χ3n) is 3.32. The van der Waals surface area contributed by atoms with Crippen molar-refractivity contribution < 1.29 is 23.9 Å². The molecule has 0 saturated heterocycles. The first kappa shape index (κ1) is 21.9. The number of nitrogens with one attached hydrogen (secondary N) is 3. The van der Waals surface area contributed by atoms with Gasteiger partial charge >= 0.3 is 0 Å². The van der Waals surface area contributed by atoms with Crippen LogP contribution in [0.1, 0.15) is 19.4 Å². The largest absolute Gasteiger partial charge is 0.469 e. The second-order valence-electron chi connectivity index (χ2n) is 5.88. The Morgan fingerprint density at radius 1 is 1.15 bits per heavy atom. The van der Waals surface area contributed by atoms with Crippen molar-refractivity contribution in [3.63, 3.8) is 0 Å². The number of benzene rings is 1. The molecule has 0 unspecified atom stereocenters. The number of carbonyl (C=O) groups excluding carboxylic acids is 4. The van der Waals surface area contributed by atoms with Crippen molar-refractivity contribution in [2.24, 2.45) is 5.92 Å². The predicted octanol–water partition coefficient (Wildman–Crippen LogP) is 1.18. The summed E-state index contributed by atoms with van der Waals surface area (Å²) in [6.07, 6.45) is 0. The second-order valence-corrected chi connectivity index (χ2v) is 6.86. The fourth-order valence-corrected chi connectivity index (χ4v) is 2.34. The molecular weight excluding hydrogens is 452 g/mol. The van der Waals surface area contributed by atoms with Gasteiger partial charge in [0.15, 0.2) is 0 Å². The standard InChI is InChI=1S/C16H21BIN3O5/c1-9(2)13(21-16(18)25)14(23)19-7-12(22)20-11-5-3-10(4-6-11)8-26-15(17)24/h3-6,9,13H,7-8,17H2,1-2H3,(H,19,23)(H,20,22)(H,21,25)/t13-/m0/s1. The topological polar surface area (TPSA) is 114 Å². The molecule has 0 aliphatic carbocycles. The molecule has 1 atom stereocenters. The molecular formula is C16H21BIN3O5. The first-order chi connectivity index (χ1) is 12.2. The number of hydrogen-bond donors (Lipinski definition) is 3. The Hall–Kier alpha value is -2.11. The van der Waals surface area contributed by atoms with Crippen LogP contribution in [0.3, 0.4) is 0 Å². The van der Waals surface area contributed by atoms with E-state index in [4.69, 9.17) is 4.74 Å². The van der Waals surface area contributed by atoms with Crippen molar-refractivity contribution in [2.45, 2.75) is 26.5 Å². The molecule has 0 fully saturated rings. The van der Waals surface area contributed by atoms with Crippen LogP contribution in [-0.2, 0) is 20.9 Å². The first-order valence-corrected chi connectivity index (χ1v) is 9.02. The van der Waals surface area contributed by atoms with Gasteiger partial charge < -0.3 is 20.7 Å². The van der Waals surface area contributed by atoms with Gasteiger partial charge in [0.25, 0.3) is 3.91 Å². The summed E-state index contributed by atoms with van der Waals surface area (Å²) < 4.78 is 4.54. The van der Waals surface area contributed by atoms with Crippen LogP contribution in [0.2, 0.25) is 0 Å². The molecule has 0 aromatic heterocycles. The molecule has 1 rings (SSSR count). The minimum atomic E-state index is -0.701. The van der Waals surface area contributed by atoms with Crippen LogP contribution in [0.4, 0.5) is 15.3 Å². The first-order valence-electron chi connectivity index (χ1n) is 7.95. The van der Waals surface area contributed by atoms with E-state index in [0.717, 1.165) is 5.56 Å². The van der Waals surface area contributed by atoms with Crippen LogP contribution >= 0.6 is 22.6 Å². The molecule has 0 aliphatic heterocycles. The summed E-state index contributed by atoms with van der Waals surface area (Å²) in [7, 11) is 1.33. The number of hydrogen-bond acceptors (Lipinski definition) is 5. The van der Waals surface area contributed by atoms with Crippen molar-refractivity contribution in [1.82, 2.24) is 10.6 Å². The maximum Gasteiger partial charge on any atom is 0.281 e. The number of amides is 3. The summed E-state index contributed by atoms with van der Waals surface area (Å²) in [5.41, 5.74) is 1.35. The van der Waals surface area contributed by atoms with Gasteiger partial charge in [-0.3, -0.25) is 19.2 Å². The van der Waals surface area contributed by atoms with E-state index < -0.39 is 17.9 Å². The average Bonchev–Trinajstić information content (AvgIpc) is 2.56. The Morgan fingerprint density at radius 3 is 2.27 bits per heavy atom. The van der Waals surface area contributed by atoms with E-state index in [1.54, 1.807) is 60.7 Å². The zero-order chi connectivity index (χ0) is 19.7. The molecule has 1 aromatic rings. The predicted molar refractivity (Wildman–Crippen MR) is 108 cm³/mol. The molecule has 3 amide bonds. The molecule has 140 valence electrons. The van der Waals surface area contributed by atoms with Gasteiger partial charge in [0, 0.05) is 28.3 Å². The van der Waals surface area contributed by atoms with E-state index in [9.17, 15) is 19.2 Å². The van der Waals surface area contributed by atoms with Crippen molar-refractivity contribution in [2.75, 3.05) is 11.9 Å². The maximum absolute atomic E-state index is 12.1. The minimum Gasteiger partial charge on any atom is -0.469 e. The van der Waals surface area contributed by atoms with Crippen LogP contribution in [0.25, 0.3) is 0 Å². The number of anilines is 1. The van der Waals surface area contributed by atoms with Gasteiger partial charge in [-0.05, 0) is 23.6 Å². The molecule has 0 heterocycles. The molecule has 3 N–H and O–H groups in total. The lowest BCUT2D eigenvalue weighted by molar-refractivity contribution is -0.126. The number of carbonyl (C=O) groups is 4. The van der Waals surface area contributed by atoms with E-state index in [1.165, 1.54) is 7.85 Å². The highest BCUT2D eigenvalue weighted by molar-refractivity contribution is 14.1. The molecule has 0 radical (unpaired) electrons. The van der Waals surface area contributed by atoms with Gasteiger partial charge in [-0.1, -0.05) is 26.0 Å². The lowest BCUT2D eigenvalue weighted by atomic mass is 10.0. The summed E-state index contributed by atoms with van der Waals surface area (Å²) in [6, 6.07) is 6.09. The molecule has 1 aromatic carbocycles. The van der Waals surface area contributed by atoms with E-state index in [1.807, 2.05) is 0 Å². The van der Waals surface area contributed by atoms with E-state index in [-0.39, 0.29) is 28.9 Å². The average molecular weight is 473 g/mol. The van der Waals surface area contributed by atoms with Crippen LogP contribution in [-0.4, -0.2) is 42.0 Å². The van der Waals surface area contributed by atoms with Crippen LogP contribution in [0.5, 0.6) is 0 Å². The highest BCUT2D eigenvalue weighted by Gasteiger charge is 2.23. The highest BCUT2D eigenvalue weighted by Crippen LogP contribution is 2.10. The second kappa shape index (κ2) is 10.8. The Balaban J connectivity index is 2.49. The Bertz CT molecular complexity index is 666. The smallest absolute Gasteiger partial charge is 0.281 e. The summed E-state index contributed by atoms with van der Waals surface area (Å²) in [5, 5.41) is 7.70. The van der Waals surface area contributed by atoms with Gasteiger partial charge in [-0.2, -0.15) is 0 Å². The number of halogens is 1. The van der Waals surface area contributed by atoms with E-state index >= 15 is 0 Å². The van der Waals surface area contributed by atoms with Crippen molar-refractivity contribution in [1.29, 1.82) is 0 Å². The SMILES string of the molecule is BC(=O)OCc1ccc(NC(=O)CNC(=O)[C@@H](NC(=O)I)C(C)C)cc1. The molecule has 0 aliphatic rings. The third-order valence-corrected chi connectivity index (χ3v) is 3.63. The Labute approximate surface area is 166 Å². The van der Waals surface area contributed by atoms with Crippen LogP contribution in [0.15, 0.2) is 24.3 Å². The van der Waals surface area contributed by atoms with Gasteiger partial charge in [0.1, 0.15) is 12.6 Å². The zero-order valence-corrected chi connectivity index (χ0v) is 17.0. The van der Waals surface area contributed by atoms with Gasteiger partial charge in [0.2, 0.25) is 25.5 Å². The Morgan fingerprint density at radius 2 is 1.77 bits per heavy atom. The molecule has 10 heteroatoms. The molecule has 0 spiro atoms. The van der Waals surface area contributed by atoms with Crippen LogP contribution in [0, 0.1) is 5.92 Å². The molecule has 0 saturated carbocycles. The van der Waals surface area contributed by atoms with E-state index in [0.29, 0.717) is 5.69 Å². The van der Waals surface area contributed by atoms with Gasteiger partial charge in [0.05, 0.1) is 6.54 Å². The fourth-order valence-electron chi connectivity index (χ4n) is 2.01. The highest BCUT2D eigenvalue weighted by atomic mass is 127. The van der Waals surface area contributed by atoms with Crippen molar-refractivity contribution in [3.8, 4) is 0 Å². The Kier molecular flexibility index (Phi) is 9.10. The summed E-state index contributed by atoms with van der Waals surface area (Å²) in [4.78, 5) is 46.0. The summed E-state index contributed by atoms with van der Waals surface area (Å²) in [6.45, 7) is 3.55. The minimum absolute atomic E-state index is 0.110. The zero-order valence-electron chi connectivity index (χ0n) is 14.8. The number of rotatable bonds is 8. The van der Waals surface area contributed by atoms with E-state index in [2.05, 4.69) is 16.0 Å². The third kappa shape index (κ3) is 8.32. The molecule has 8 nitrogen and oxygen atoms in total.